The lowest BCUT2D eigenvalue weighted by Crippen LogP contribution is -2.28. The van der Waals surface area contributed by atoms with Gasteiger partial charge in [0.25, 0.3) is 5.91 Å². The zero-order valence-corrected chi connectivity index (χ0v) is 11.2. The summed E-state index contributed by atoms with van der Waals surface area (Å²) in [5.41, 5.74) is 6.21. The van der Waals surface area contributed by atoms with Crippen LogP contribution in [-0.4, -0.2) is 31.2 Å². The van der Waals surface area contributed by atoms with Crippen LogP contribution in [0.2, 0.25) is 0 Å². The largest absolute Gasteiger partial charge is 0.493 e. The van der Waals surface area contributed by atoms with Gasteiger partial charge in [-0.3, -0.25) is 4.79 Å². The first-order valence-electron chi connectivity index (χ1n) is 5.45. The molecule has 3 N–H and O–H groups in total. The maximum atomic E-state index is 11.3. The van der Waals surface area contributed by atoms with Gasteiger partial charge in [0.15, 0.2) is 18.1 Å². The molecule has 0 aromatic heterocycles. The molecule has 1 amide bonds. The average molecular weight is 268 g/mol. The van der Waals surface area contributed by atoms with Gasteiger partial charge in [-0.2, -0.15) is 0 Å². The van der Waals surface area contributed by atoms with Crippen molar-refractivity contribution in [3.05, 3.63) is 23.8 Å². The van der Waals surface area contributed by atoms with Crippen molar-refractivity contribution >= 4 is 23.1 Å². The van der Waals surface area contributed by atoms with E-state index >= 15 is 0 Å². The molecular formula is C12H16N2O3S. The Bertz CT molecular complexity index is 449. The number of nitrogens with two attached hydrogens (primary N) is 1. The Balaban J connectivity index is 2.76. The number of hydrogen-bond donors (Lipinski definition) is 2. The highest BCUT2D eigenvalue weighted by molar-refractivity contribution is 7.80. The molecule has 5 nitrogen and oxygen atoms in total. The van der Waals surface area contributed by atoms with E-state index in [1.54, 1.807) is 18.2 Å². The van der Waals surface area contributed by atoms with E-state index in [4.69, 9.17) is 27.4 Å². The van der Waals surface area contributed by atoms with E-state index in [9.17, 15) is 4.79 Å². The number of methoxy groups -OCH3 is 1. The number of hydrogen-bond acceptors (Lipinski definition) is 4. The third-order valence-electron chi connectivity index (χ3n) is 2.18. The molecule has 0 aliphatic heterocycles. The lowest BCUT2D eigenvalue weighted by Gasteiger charge is -2.11. The molecule has 0 aliphatic carbocycles. The Kier molecular flexibility index (Phi) is 5.38. The van der Waals surface area contributed by atoms with Crippen LogP contribution in [0.3, 0.4) is 0 Å². The Hall–Kier alpha value is -1.82. The Morgan fingerprint density at radius 1 is 1.44 bits per heavy atom. The fourth-order valence-corrected chi connectivity index (χ4v) is 1.46. The highest BCUT2D eigenvalue weighted by Gasteiger charge is 2.09. The second-order valence-corrected chi connectivity index (χ2v) is 3.91. The smallest absolute Gasteiger partial charge is 0.257 e. The maximum absolute atomic E-state index is 11.3. The Labute approximate surface area is 111 Å². The number of benzene rings is 1. The van der Waals surface area contributed by atoms with Crippen molar-refractivity contribution in [1.29, 1.82) is 0 Å². The topological polar surface area (TPSA) is 73.6 Å². The SMILES string of the molecule is CCNC(=O)COc1ccc(C(N)=S)cc1OC. The van der Waals surface area contributed by atoms with E-state index in [0.29, 0.717) is 23.6 Å². The van der Waals surface area contributed by atoms with E-state index in [2.05, 4.69) is 5.32 Å². The summed E-state index contributed by atoms with van der Waals surface area (Å²) >= 11 is 4.87. The van der Waals surface area contributed by atoms with Gasteiger partial charge in [0, 0.05) is 12.1 Å². The lowest BCUT2D eigenvalue weighted by atomic mass is 10.2. The van der Waals surface area contributed by atoms with Gasteiger partial charge in [-0.15, -0.1) is 0 Å². The first-order valence-corrected chi connectivity index (χ1v) is 5.86. The van der Waals surface area contributed by atoms with E-state index in [0.717, 1.165) is 0 Å². The average Bonchev–Trinajstić information content (AvgIpc) is 2.36. The second-order valence-electron chi connectivity index (χ2n) is 3.47. The summed E-state index contributed by atoms with van der Waals surface area (Å²) in [6, 6.07) is 5.07. The zero-order chi connectivity index (χ0) is 13.5. The molecular weight excluding hydrogens is 252 g/mol. The summed E-state index contributed by atoms with van der Waals surface area (Å²) in [6.07, 6.45) is 0. The van der Waals surface area contributed by atoms with Crippen LogP contribution < -0.4 is 20.5 Å². The van der Waals surface area contributed by atoms with Crippen molar-refractivity contribution in [2.45, 2.75) is 6.92 Å². The molecule has 0 unspecified atom stereocenters. The Morgan fingerprint density at radius 2 is 2.17 bits per heavy atom. The number of thiocarbonyl (C=S) groups is 1. The quantitative estimate of drug-likeness (QED) is 0.748. The standard InChI is InChI=1S/C12H16N2O3S/c1-3-14-11(15)7-17-9-5-4-8(12(13)18)6-10(9)16-2/h4-6H,3,7H2,1-2H3,(H2,13,18)(H,14,15). The second kappa shape index (κ2) is 6.80. The summed E-state index contributed by atoms with van der Waals surface area (Å²) in [5, 5.41) is 2.64. The molecule has 0 heterocycles. The molecule has 18 heavy (non-hydrogen) atoms. The van der Waals surface area contributed by atoms with Gasteiger partial charge >= 0.3 is 0 Å². The molecule has 0 bridgehead atoms. The van der Waals surface area contributed by atoms with E-state index < -0.39 is 0 Å². The maximum Gasteiger partial charge on any atom is 0.257 e. The number of ether oxygens (including phenoxy) is 2. The van der Waals surface area contributed by atoms with Crippen molar-refractivity contribution in [3.63, 3.8) is 0 Å². The highest BCUT2D eigenvalue weighted by atomic mass is 32.1. The molecule has 0 radical (unpaired) electrons. The third kappa shape index (κ3) is 3.89. The Morgan fingerprint density at radius 3 is 2.72 bits per heavy atom. The van der Waals surface area contributed by atoms with Crippen molar-refractivity contribution in [2.24, 2.45) is 5.73 Å². The van der Waals surface area contributed by atoms with E-state index in [-0.39, 0.29) is 17.5 Å². The molecule has 1 rings (SSSR count). The minimum atomic E-state index is -0.182. The fourth-order valence-electron chi connectivity index (χ4n) is 1.33. The van der Waals surface area contributed by atoms with Crippen molar-refractivity contribution in [2.75, 3.05) is 20.3 Å². The van der Waals surface area contributed by atoms with Gasteiger partial charge in [0.05, 0.1) is 7.11 Å². The van der Waals surface area contributed by atoms with E-state index in [1.807, 2.05) is 6.92 Å². The van der Waals surface area contributed by atoms with Gasteiger partial charge in [-0.1, -0.05) is 12.2 Å². The van der Waals surface area contributed by atoms with Crippen LogP contribution in [0.4, 0.5) is 0 Å². The van der Waals surface area contributed by atoms with E-state index in [1.165, 1.54) is 7.11 Å². The predicted molar refractivity (Wildman–Crippen MR) is 73.1 cm³/mol. The summed E-state index contributed by atoms with van der Waals surface area (Å²) in [5.74, 6) is 0.784. The fraction of sp³-hybridized carbons (Fsp3) is 0.333. The molecule has 0 saturated heterocycles. The number of nitrogens with one attached hydrogen (secondary N) is 1. The molecule has 0 atom stereocenters. The normalized spacial score (nSPS) is 9.67. The van der Waals surface area contributed by atoms with Gasteiger partial charge in [0.2, 0.25) is 0 Å². The van der Waals surface area contributed by atoms with Crippen LogP contribution in [0.5, 0.6) is 11.5 Å². The third-order valence-corrected chi connectivity index (χ3v) is 2.42. The summed E-state index contributed by atoms with van der Waals surface area (Å²) < 4.78 is 10.5. The zero-order valence-electron chi connectivity index (χ0n) is 10.4. The monoisotopic (exact) mass is 268 g/mol. The molecule has 0 spiro atoms. The minimum absolute atomic E-state index is 0.0589. The van der Waals surface area contributed by atoms with Gasteiger partial charge in [0.1, 0.15) is 4.99 Å². The number of carbonyl (C=O) groups is 1. The number of amides is 1. The molecule has 0 fully saturated rings. The number of rotatable bonds is 6. The summed E-state index contributed by atoms with van der Waals surface area (Å²) in [7, 11) is 1.51. The van der Waals surface area contributed by atoms with Crippen LogP contribution >= 0.6 is 12.2 Å². The molecule has 6 heteroatoms. The van der Waals surface area contributed by atoms with Gasteiger partial charge < -0.3 is 20.5 Å². The van der Waals surface area contributed by atoms with Crippen molar-refractivity contribution in [1.82, 2.24) is 5.32 Å². The van der Waals surface area contributed by atoms with Crippen LogP contribution in [0, 0.1) is 0 Å². The van der Waals surface area contributed by atoms with Crippen LogP contribution in [0.25, 0.3) is 0 Å². The molecule has 1 aromatic carbocycles. The highest BCUT2D eigenvalue weighted by Crippen LogP contribution is 2.27. The van der Waals surface area contributed by atoms with Gasteiger partial charge in [-0.25, -0.2) is 0 Å². The summed E-state index contributed by atoms with van der Waals surface area (Å²) in [6.45, 7) is 2.35. The van der Waals surface area contributed by atoms with Gasteiger partial charge in [-0.05, 0) is 25.1 Å². The molecule has 1 aromatic rings. The summed E-state index contributed by atoms with van der Waals surface area (Å²) in [4.78, 5) is 11.6. The van der Waals surface area contributed by atoms with Crippen molar-refractivity contribution in [3.8, 4) is 11.5 Å². The van der Waals surface area contributed by atoms with Crippen LogP contribution in [-0.2, 0) is 4.79 Å². The number of likely N-dealkylation sites (N-methyl/N-ethyl adjacent to an activating group) is 1. The number of carbonyl (C=O) groups excluding carboxylic acids is 1. The predicted octanol–water partition coefficient (Wildman–Crippen LogP) is 0.844. The first kappa shape index (κ1) is 14.2. The van der Waals surface area contributed by atoms with Crippen LogP contribution in [0.15, 0.2) is 18.2 Å². The molecule has 0 aliphatic rings. The van der Waals surface area contributed by atoms with Crippen molar-refractivity contribution < 1.29 is 14.3 Å². The lowest BCUT2D eigenvalue weighted by molar-refractivity contribution is -0.123. The first-order chi connectivity index (χ1) is 8.58. The minimum Gasteiger partial charge on any atom is -0.493 e. The molecule has 98 valence electrons. The van der Waals surface area contributed by atoms with Crippen LogP contribution in [0.1, 0.15) is 12.5 Å². The molecule has 0 saturated carbocycles.